The van der Waals surface area contributed by atoms with Crippen molar-refractivity contribution in [1.82, 2.24) is 4.98 Å². The molecule has 19 heavy (non-hydrogen) atoms. The summed E-state index contributed by atoms with van der Waals surface area (Å²) in [5, 5.41) is 3.10. The maximum atomic E-state index is 12.6. The fourth-order valence-electron chi connectivity index (χ4n) is 2.36. The Morgan fingerprint density at radius 2 is 2.05 bits per heavy atom. The van der Waals surface area contributed by atoms with Gasteiger partial charge in [-0.05, 0) is 25.8 Å². The van der Waals surface area contributed by atoms with Gasteiger partial charge in [0.2, 0.25) is 0 Å². The minimum Gasteiger partial charge on any atom is -0.371 e. The first-order chi connectivity index (χ1) is 9.00. The van der Waals surface area contributed by atoms with Crippen molar-refractivity contribution in [3.05, 3.63) is 18.3 Å². The van der Waals surface area contributed by atoms with Crippen LogP contribution in [0.1, 0.15) is 19.8 Å². The number of anilines is 2. The van der Waals surface area contributed by atoms with Crippen LogP contribution in [0.4, 0.5) is 24.7 Å². The van der Waals surface area contributed by atoms with Crippen LogP contribution < -0.4 is 10.2 Å². The van der Waals surface area contributed by atoms with Gasteiger partial charge in [0.05, 0.1) is 5.92 Å². The molecule has 1 saturated heterocycles. The normalized spacial score (nSPS) is 17.6. The summed E-state index contributed by atoms with van der Waals surface area (Å²) in [6.45, 7) is 3.63. The number of aromatic nitrogens is 1. The molecule has 1 aromatic rings. The molecule has 0 spiro atoms. The molecule has 0 atom stereocenters. The maximum absolute atomic E-state index is 12.6. The molecular weight excluding hydrogens is 255 g/mol. The lowest BCUT2D eigenvalue weighted by Gasteiger charge is -2.34. The monoisotopic (exact) mass is 273 g/mol. The molecule has 1 aromatic heterocycles. The predicted molar refractivity (Wildman–Crippen MR) is 69.4 cm³/mol. The lowest BCUT2D eigenvalue weighted by Crippen LogP contribution is -2.39. The molecule has 2 heterocycles. The second-order valence-electron chi connectivity index (χ2n) is 4.73. The van der Waals surface area contributed by atoms with E-state index in [1.807, 2.05) is 24.0 Å². The van der Waals surface area contributed by atoms with Gasteiger partial charge in [0.25, 0.3) is 0 Å². The Morgan fingerprint density at radius 1 is 1.37 bits per heavy atom. The van der Waals surface area contributed by atoms with Crippen molar-refractivity contribution >= 4 is 11.5 Å². The second-order valence-corrected chi connectivity index (χ2v) is 4.73. The summed E-state index contributed by atoms with van der Waals surface area (Å²) in [4.78, 5) is 6.15. The number of pyridine rings is 1. The van der Waals surface area contributed by atoms with Crippen molar-refractivity contribution in [2.75, 3.05) is 29.9 Å². The molecule has 0 saturated carbocycles. The van der Waals surface area contributed by atoms with Gasteiger partial charge in [0, 0.05) is 37.6 Å². The topological polar surface area (TPSA) is 28.2 Å². The zero-order valence-corrected chi connectivity index (χ0v) is 10.9. The van der Waals surface area contributed by atoms with Gasteiger partial charge in [0.1, 0.15) is 5.82 Å². The van der Waals surface area contributed by atoms with Crippen molar-refractivity contribution in [3.8, 4) is 0 Å². The first kappa shape index (κ1) is 14.0. The van der Waals surface area contributed by atoms with Crippen LogP contribution in [0.5, 0.6) is 0 Å². The first-order valence-corrected chi connectivity index (χ1v) is 6.52. The lowest BCUT2D eigenvalue weighted by atomic mass is 9.96. The summed E-state index contributed by atoms with van der Waals surface area (Å²) in [6, 6.07) is 3.73. The Labute approximate surface area is 110 Å². The van der Waals surface area contributed by atoms with Crippen LogP contribution in [0.2, 0.25) is 0 Å². The Hall–Kier alpha value is -1.46. The zero-order valence-electron chi connectivity index (χ0n) is 10.9. The zero-order chi connectivity index (χ0) is 13.9. The van der Waals surface area contributed by atoms with E-state index in [0.29, 0.717) is 13.1 Å². The summed E-state index contributed by atoms with van der Waals surface area (Å²) >= 11 is 0. The molecule has 0 aliphatic carbocycles. The highest BCUT2D eigenvalue weighted by Gasteiger charge is 2.41. The summed E-state index contributed by atoms with van der Waals surface area (Å²) in [6.07, 6.45) is -2.03. The number of rotatable bonds is 3. The Bertz CT molecular complexity index is 412. The third-order valence-electron chi connectivity index (χ3n) is 3.42. The molecule has 1 aliphatic heterocycles. The van der Waals surface area contributed by atoms with Crippen LogP contribution in [0.3, 0.4) is 0 Å². The average molecular weight is 273 g/mol. The molecule has 1 fully saturated rings. The van der Waals surface area contributed by atoms with Gasteiger partial charge >= 0.3 is 6.18 Å². The van der Waals surface area contributed by atoms with Crippen molar-refractivity contribution < 1.29 is 13.2 Å². The first-order valence-electron chi connectivity index (χ1n) is 6.52. The second kappa shape index (κ2) is 5.67. The van der Waals surface area contributed by atoms with E-state index in [1.54, 1.807) is 6.20 Å². The molecule has 0 radical (unpaired) electrons. The summed E-state index contributed by atoms with van der Waals surface area (Å²) in [5.74, 6) is -0.392. The number of alkyl halides is 3. The largest absolute Gasteiger partial charge is 0.391 e. The molecule has 106 valence electrons. The number of hydrogen-bond acceptors (Lipinski definition) is 3. The van der Waals surface area contributed by atoms with E-state index >= 15 is 0 Å². The number of nitrogens with one attached hydrogen (secondary N) is 1. The van der Waals surface area contributed by atoms with Gasteiger partial charge < -0.3 is 10.2 Å². The van der Waals surface area contributed by atoms with E-state index in [9.17, 15) is 13.2 Å². The van der Waals surface area contributed by atoms with Crippen LogP contribution in [-0.2, 0) is 0 Å². The minimum absolute atomic E-state index is 0.169. The van der Waals surface area contributed by atoms with Crippen molar-refractivity contribution in [2.24, 2.45) is 5.92 Å². The van der Waals surface area contributed by atoms with Crippen LogP contribution in [-0.4, -0.2) is 30.8 Å². The molecule has 0 unspecified atom stereocenters. The average Bonchev–Trinajstić information content (AvgIpc) is 2.39. The van der Waals surface area contributed by atoms with Gasteiger partial charge in [-0.3, -0.25) is 0 Å². The van der Waals surface area contributed by atoms with E-state index in [2.05, 4.69) is 10.3 Å². The summed E-state index contributed by atoms with van der Waals surface area (Å²) in [7, 11) is 0. The van der Waals surface area contributed by atoms with Crippen LogP contribution in [0.25, 0.3) is 0 Å². The third-order valence-corrected chi connectivity index (χ3v) is 3.42. The fourth-order valence-corrected chi connectivity index (χ4v) is 2.36. The van der Waals surface area contributed by atoms with Crippen molar-refractivity contribution in [2.45, 2.75) is 25.9 Å². The van der Waals surface area contributed by atoms with Crippen molar-refractivity contribution in [3.63, 3.8) is 0 Å². The molecule has 0 bridgehead atoms. The smallest absolute Gasteiger partial charge is 0.371 e. The highest BCUT2D eigenvalue weighted by molar-refractivity contribution is 5.54. The minimum atomic E-state index is -4.06. The van der Waals surface area contributed by atoms with E-state index in [1.165, 1.54) is 0 Å². The molecule has 2 rings (SSSR count). The van der Waals surface area contributed by atoms with Crippen LogP contribution in [0.15, 0.2) is 18.3 Å². The van der Waals surface area contributed by atoms with E-state index in [0.717, 1.165) is 18.1 Å². The highest BCUT2D eigenvalue weighted by atomic mass is 19.4. The number of halogens is 3. The maximum Gasteiger partial charge on any atom is 0.391 e. The highest BCUT2D eigenvalue weighted by Crippen LogP contribution is 2.35. The Balaban J connectivity index is 1.99. The van der Waals surface area contributed by atoms with Gasteiger partial charge in [0.15, 0.2) is 0 Å². The summed E-state index contributed by atoms with van der Waals surface area (Å²) < 4.78 is 37.8. The third kappa shape index (κ3) is 3.52. The van der Waals surface area contributed by atoms with Gasteiger partial charge in [-0.1, -0.05) is 0 Å². The SMILES string of the molecule is CCNc1cc(N2CCC(C(F)(F)F)CC2)ccn1. The summed E-state index contributed by atoms with van der Waals surface area (Å²) in [5.41, 5.74) is 0.937. The van der Waals surface area contributed by atoms with Crippen LogP contribution in [0, 0.1) is 5.92 Å². The standard InChI is InChI=1S/C13H18F3N3/c1-2-17-12-9-11(3-6-18-12)19-7-4-10(5-8-19)13(14,15)16/h3,6,9-10H,2,4-5,7-8H2,1H3,(H,17,18). The van der Waals surface area contributed by atoms with Gasteiger partial charge in [-0.15, -0.1) is 0 Å². The van der Waals surface area contributed by atoms with Gasteiger partial charge in [-0.2, -0.15) is 13.2 Å². The number of nitrogens with zero attached hydrogens (tertiary/aromatic N) is 2. The van der Waals surface area contributed by atoms with Crippen LogP contribution >= 0.6 is 0 Å². The molecule has 0 amide bonds. The quantitative estimate of drug-likeness (QED) is 0.916. The Morgan fingerprint density at radius 3 is 2.63 bits per heavy atom. The molecule has 1 N–H and O–H groups in total. The molecule has 3 nitrogen and oxygen atoms in total. The predicted octanol–water partition coefficient (Wildman–Crippen LogP) is 3.29. The molecular formula is C13H18F3N3. The Kier molecular flexibility index (Phi) is 4.17. The fraction of sp³-hybridized carbons (Fsp3) is 0.615. The van der Waals surface area contributed by atoms with E-state index < -0.39 is 12.1 Å². The van der Waals surface area contributed by atoms with Gasteiger partial charge in [-0.25, -0.2) is 4.98 Å². The number of hydrogen-bond donors (Lipinski definition) is 1. The molecule has 6 heteroatoms. The van der Waals surface area contributed by atoms with Crippen molar-refractivity contribution in [1.29, 1.82) is 0 Å². The lowest BCUT2D eigenvalue weighted by molar-refractivity contribution is -0.179. The van der Waals surface area contributed by atoms with E-state index in [-0.39, 0.29) is 12.8 Å². The molecule has 1 aliphatic rings. The number of piperidine rings is 1. The molecule has 0 aromatic carbocycles. The van der Waals surface area contributed by atoms with E-state index in [4.69, 9.17) is 0 Å².